The van der Waals surface area contributed by atoms with Gasteiger partial charge in [-0.1, -0.05) is 13.0 Å². The predicted molar refractivity (Wildman–Crippen MR) is 155 cm³/mol. The maximum atomic E-state index is 14.0. The first-order valence-electron chi connectivity index (χ1n) is 14.2. The van der Waals surface area contributed by atoms with E-state index in [1.807, 2.05) is 6.07 Å². The zero-order valence-electron chi connectivity index (χ0n) is 24.1. The summed E-state index contributed by atoms with van der Waals surface area (Å²) < 4.78 is 44.6. The van der Waals surface area contributed by atoms with E-state index in [-0.39, 0.29) is 34.9 Å². The Labute approximate surface area is 250 Å². The van der Waals surface area contributed by atoms with Crippen LogP contribution >= 0.6 is 0 Å². The van der Waals surface area contributed by atoms with Gasteiger partial charge in [-0.3, -0.25) is 19.1 Å². The van der Waals surface area contributed by atoms with E-state index in [4.69, 9.17) is 0 Å². The summed E-state index contributed by atoms with van der Waals surface area (Å²) in [6.45, 7) is 1.78. The van der Waals surface area contributed by atoms with Crippen molar-refractivity contribution in [1.82, 2.24) is 29.8 Å². The molecular formula is C31H30F3N7O3. The second-order valence-corrected chi connectivity index (χ2v) is 10.6. The number of carbonyl (C=O) groups excluding carboxylic acids is 2. The van der Waals surface area contributed by atoms with Crippen molar-refractivity contribution in [2.24, 2.45) is 7.05 Å². The number of halogens is 3. The normalized spacial score (nSPS) is 16.7. The second kappa shape index (κ2) is 12.2. The highest BCUT2D eigenvalue weighted by atomic mass is 19.4. The number of hydrogen-bond acceptors (Lipinski definition) is 5. The van der Waals surface area contributed by atoms with Gasteiger partial charge in [-0.25, -0.2) is 9.36 Å². The summed E-state index contributed by atoms with van der Waals surface area (Å²) in [5.41, 5.74) is -0.588. The first-order chi connectivity index (χ1) is 21.0. The largest absolute Gasteiger partial charge is 0.416 e. The van der Waals surface area contributed by atoms with Crippen LogP contribution in [-0.4, -0.2) is 43.0 Å². The number of benzene rings is 2. The first-order valence-corrected chi connectivity index (χ1v) is 14.2. The number of nitriles is 1. The molecule has 0 aliphatic heterocycles. The minimum Gasteiger partial charge on any atom is -0.353 e. The van der Waals surface area contributed by atoms with E-state index in [9.17, 15) is 32.8 Å². The van der Waals surface area contributed by atoms with E-state index in [1.165, 1.54) is 34.7 Å². The monoisotopic (exact) mass is 605 g/mol. The second-order valence-electron chi connectivity index (χ2n) is 10.6. The number of nitrogens with one attached hydrogen (secondary N) is 2. The Hall–Kier alpha value is -5.12. The van der Waals surface area contributed by atoms with Crippen LogP contribution in [0.2, 0.25) is 0 Å². The lowest BCUT2D eigenvalue weighted by Gasteiger charge is -2.29. The smallest absolute Gasteiger partial charge is 0.353 e. The number of alkyl halides is 3. The van der Waals surface area contributed by atoms with Gasteiger partial charge in [0.25, 0.3) is 11.5 Å². The molecule has 5 rings (SSSR count). The number of aromatic nitrogens is 4. The van der Waals surface area contributed by atoms with Crippen LogP contribution in [0.5, 0.6) is 0 Å². The van der Waals surface area contributed by atoms with E-state index in [1.54, 1.807) is 37.3 Å². The number of nitrogens with zero attached hydrogens (tertiary/aromatic N) is 5. The fourth-order valence-corrected chi connectivity index (χ4v) is 5.54. The SMILES string of the molecule is CCC(=O)N[C@H]1CC[C@H](NC(=O)c2c(-c3ccnn3-c3ccc(C#N)cc3)n(C)n(-c3cccc(C(F)(F)F)c3)c2=O)CC1. The van der Waals surface area contributed by atoms with Crippen molar-refractivity contribution >= 4 is 11.8 Å². The molecule has 0 bridgehead atoms. The minimum atomic E-state index is -4.64. The van der Waals surface area contributed by atoms with Crippen molar-refractivity contribution in [2.75, 3.05) is 0 Å². The predicted octanol–water partition coefficient (Wildman–Crippen LogP) is 4.49. The molecule has 10 nitrogen and oxygen atoms in total. The van der Waals surface area contributed by atoms with Gasteiger partial charge in [-0.2, -0.15) is 23.5 Å². The van der Waals surface area contributed by atoms with Gasteiger partial charge in [0.1, 0.15) is 11.3 Å². The van der Waals surface area contributed by atoms with E-state index in [0.717, 1.165) is 16.8 Å². The molecule has 0 unspecified atom stereocenters. The summed E-state index contributed by atoms with van der Waals surface area (Å²) in [6.07, 6.45) is -0.326. The third kappa shape index (κ3) is 6.01. The van der Waals surface area contributed by atoms with Crippen LogP contribution in [0.3, 0.4) is 0 Å². The third-order valence-electron chi connectivity index (χ3n) is 7.79. The van der Waals surface area contributed by atoms with Crippen molar-refractivity contribution in [2.45, 2.75) is 57.3 Å². The Morgan fingerprint density at radius 1 is 1.00 bits per heavy atom. The molecule has 0 spiro atoms. The van der Waals surface area contributed by atoms with Crippen molar-refractivity contribution in [1.29, 1.82) is 5.26 Å². The summed E-state index contributed by atoms with van der Waals surface area (Å²) >= 11 is 0. The van der Waals surface area contributed by atoms with Crippen LogP contribution in [0.25, 0.3) is 22.8 Å². The molecule has 2 heterocycles. The van der Waals surface area contributed by atoms with Crippen molar-refractivity contribution in [3.05, 3.63) is 87.8 Å². The Morgan fingerprint density at radius 2 is 1.66 bits per heavy atom. The maximum absolute atomic E-state index is 14.0. The summed E-state index contributed by atoms with van der Waals surface area (Å²) in [5.74, 6) is -0.708. The molecule has 2 aromatic carbocycles. The van der Waals surface area contributed by atoms with Gasteiger partial charge >= 0.3 is 6.18 Å². The van der Waals surface area contributed by atoms with Gasteiger partial charge < -0.3 is 10.6 Å². The van der Waals surface area contributed by atoms with Gasteiger partial charge in [-0.05, 0) is 74.2 Å². The van der Waals surface area contributed by atoms with Crippen LogP contribution in [-0.2, 0) is 18.0 Å². The molecule has 0 atom stereocenters. The van der Waals surface area contributed by atoms with Crippen molar-refractivity contribution in [3.8, 4) is 28.8 Å². The summed E-state index contributed by atoms with van der Waals surface area (Å²) in [4.78, 5) is 39.6. The van der Waals surface area contributed by atoms with Gasteiger partial charge in [0, 0.05) is 25.6 Å². The van der Waals surface area contributed by atoms with E-state index in [0.29, 0.717) is 49.0 Å². The van der Waals surface area contributed by atoms with E-state index in [2.05, 4.69) is 15.7 Å². The number of carbonyl (C=O) groups is 2. The van der Waals surface area contributed by atoms with Crippen LogP contribution < -0.4 is 16.2 Å². The Balaban J connectivity index is 1.57. The van der Waals surface area contributed by atoms with Gasteiger partial charge in [0.05, 0.1) is 40.5 Å². The van der Waals surface area contributed by atoms with Crippen LogP contribution in [0.4, 0.5) is 13.2 Å². The number of rotatable bonds is 7. The molecule has 2 amide bonds. The molecule has 1 aliphatic rings. The number of amides is 2. The highest BCUT2D eigenvalue weighted by molar-refractivity contribution is 6.00. The van der Waals surface area contributed by atoms with Crippen molar-refractivity contribution < 1.29 is 22.8 Å². The maximum Gasteiger partial charge on any atom is 0.416 e. The Bertz CT molecular complexity index is 1790. The Morgan fingerprint density at radius 3 is 2.27 bits per heavy atom. The van der Waals surface area contributed by atoms with E-state index < -0.39 is 23.2 Å². The molecule has 0 radical (unpaired) electrons. The third-order valence-corrected chi connectivity index (χ3v) is 7.79. The molecule has 13 heteroatoms. The molecular weight excluding hydrogens is 575 g/mol. The average molecular weight is 606 g/mol. The zero-order chi connectivity index (χ0) is 31.6. The zero-order valence-corrected chi connectivity index (χ0v) is 24.1. The molecule has 1 aliphatic carbocycles. The molecule has 1 saturated carbocycles. The average Bonchev–Trinajstić information content (AvgIpc) is 3.59. The van der Waals surface area contributed by atoms with Crippen molar-refractivity contribution in [3.63, 3.8) is 0 Å². The van der Waals surface area contributed by atoms with Crippen LogP contribution in [0.1, 0.15) is 60.5 Å². The lowest BCUT2D eigenvalue weighted by Crippen LogP contribution is -2.44. The first kappa shape index (κ1) is 30.3. The topological polar surface area (TPSA) is 127 Å². The van der Waals surface area contributed by atoms with Gasteiger partial charge in [0.15, 0.2) is 0 Å². The molecule has 1 fully saturated rings. The molecule has 4 aromatic rings. The van der Waals surface area contributed by atoms with Crippen LogP contribution in [0, 0.1) is 11.3 Å². The molecule has 2 aromatic heterocycles. The summed E-state index contributed by atoms with van der Waals surface area (Å²) in [5, 5.41) is 19.5. The lowest BCUT2D eigenvalue weighted by atomic mass is 9.91. The highest BCUT2D eigenvalue weighted by Crippen LogP contribution is 2.31. The Kier molecular flexibility index (Phi) is 8.44. The van der Waals surface area contributed by atoms with Crippen LogP contribution in [0.15, 0.2) is 65.6 Å². The number of hydrogen-bond donors (Lipinski definition) is 2. The fraction of sp³-hybridized carbons (Fsp3) is 0.323. The summed E-state index contributed by atoms with van der Waals surface area (Å²) in [6, 6.07) is 14.2. The van der Waals surface area contributed by atoms with Gasteiger partial charge in [-0.15, -0.1) is 0 Å². The fourth-order valence-electron chi connectivity index (χ4n) is 5.54. The molecule has 2 N–H and O–H groups in total. The molecule has 44 heavy (non-hydrogen) atoms. The standard InChI is InChI=1S/C31H30F3N7O3/c1-3-26(42)37-21-9-11-22(12-10-21)38-29(43)27-28(25-15-16-36-40(25)23-13-7-19(18-35)8-14-23)39(2)41(30(27)44)24-6-4-5-20(17-24)31(32,33)34/h4-8,13-17,21-22H,3,9-12H2,1-2H3,(H,37,42)(H,38,43)/t21-,22-. The quantitative estimate of drug-likeness (QED) is 0.321. The molecule has 228 valence electrons. The highest BCUT2D eigenvalue weighted by Gasteiger charge is 2.33. The minimum absolute atomic E-state index is 0.00259. The molecule has 0 saturated heterocycles. The van der Waals surface area contributed by atoms with Gasteiger partial charge in [0.2, 0.25) is 5.91 Å². The lowest BCUT2D eigenvalue weighted by molar-refractivity contribution is -0.137. The van der Waals surface area contributed by atoms with E-state index >= 15 is 0 Å². The summed E-state index contributed by atoms with van der Waals surface area (Å²) in [7, 11) is 1.49.